The molecule has 0 saturated heterocycles. The Labute approximate surface area is 241 Å². The molecule has 1 unspecified atom stereocenters. The van der Waals surface area contributed by atoms with Gasteiger partial charge in [0.25, 0.3) is 10.1 Å². The van der Waals surface area contributed by atoms with E-state index < -0.39 is 65.5 Å². The zero-order chi connectivity index (χ0) is 30.9. The Balaban J connectivity index is 2.26. The number of para-hydroxylation sites is 1. The van der Waals surface area contributed by atoms with Gasteiger partial charge in [0.1, 0.15) is 11.5 Å². The summed E-state index contributed by atoms with van der Waals surface area (Å²) in [5.74, 6) is -1.16. The number of rotatable bonds is 14. The Bertz CT molecular complexity index is 1280. The van der Waals surface area contributed by atoms with Crippen LogP contribution in [0.15, 0.2) is 54.6 Å². The van der Waals surface area contributed by atoms with E-state index in [4.69, 9.17) is 23.3 Å². The molecule has 0 amide bonds. The van der Waals surface area contributed by atoms with Crippen molar-refractivity contribution in [2.45, 2.75) is 60.0 Å². The van der Waals surface area contributed by atoms with Crippen LogP contribution in [0, 0.1) is 10.8 Å². The summed E-state index contributed by atoms with van der Waals surface area (Å²) in [6, 6.07) is 16.1. The van der Waals surface area contributed by atoms with Gasteiger partial charge in [0.05, 0.1) is 22.2 Å². The minimum atomic E-state index is -4.66. The highest BCUT2D eigenvalue weighted by Crippen LogP contribution is 2.55. The molecular weight excluding hydrogens is 575 g/mol. The normalized spacial score (nSPS) is 13.3. The fourth-order valence-electron chi connectivity index (χ4n) is 3.29. The van der Waals surface area contributed by atoms with E-state index in [0.29, 0.717) is 17.1 Å². The molecule has 41 heavy (non-hydrogen) atoms. The highest BCUT2D eigenvalue weighted by atomic mass is 32.2. The Morgan fingerprint density at radius 2 is 1.34 bits per heavy atom. The SMILES string of the molecule is CC(C)(C)C(=O)OCOP(=O)(OCOC(=O)C(C)(C)C)C(CCc1cccc(Oc2ccccc2)c1)CS(=O)(=O)O. The summed E-state index contributed by atoms with van der Waals surface area (Å²) < 4.78 is 74.1. The molecule has 228 valence electrons. The second-order valence-corrected chi connectivity index (χ2v) is 15.2. The molecule has 0 aliphatic heterocycles. The van der Waals surface area contributed by atoms with Crippen LogP contribution >= 0.6 is 7.60 Å². The van der Waals surface area contributed by atoms with Crippen LogP contribution < -0.4 is 4.74 Å². The van der Waals surface area contributed by atoms with Crippen LogP contribution in [0.1, 0.15) is 53.5 Å². The highest BCUT2D eigenvalue weighted by Gasteiger charge is 2.40. The number of hydrogen-bond donors (Lipinski definition) is 1. The van der Waals surface area contributed by atoms with Gasteiger partial charge < -0.3 is 14.2 Å². The van der Waals surface area contributed by atoms with E-state index in [0.717, 1.165) is 0 Å². The topological polar surface area (TPSA) is 152 Å². The molecule has 0 aliphatic rings. The molecule has 0 spiro atoms. The lowest BCUT2D eigenvalue weighted by atomic mass is 9.98. The standard InChI is InChI=1S/C28H39O11PS/c1-27(2,3)25(29)35-19-37-40(31,38-20-36-26(30)28(4,5)6)24(18-41(32,33)34)16-15-21-11-10-14-23(17-21)39-22-12-8-7-9-13-22/h7-14,17,24H,15-16,18-20H2,1-6H3,(H,32,33,34). The highest BCUT2D eigenvalue weighted by molar-refractivity contribution is 7.86. The Kier molecular flexibility index (Phi) is 12.1. The molecule has 1 N–H and O–H groups in total. The zero-order valence-electron chi connectivity index (χ0n) is 24.2. The third kappa shape index (κ3) is 12.3. The average Bonchev–Trinajstić information content (AvgIpc) is 2.85. The van der Waals surface area contributed by atoms with Crippen molar-refractivity contribution in [1.29, 1.82) is 0 Å². The van der Waals surface area contributed by atoms with E-state index in [2.05, 4.69) is 0 Å². The van der Waals surface area contributed by atoms with Crippen molar-refractivity contribution < 1.29 is 50.4 Å². The molecule has 2 aromatic rings. The van der Waals surface area contributed by atoms with Crippen LogP contribution in [0.2, 0.25) is 0 Å². The quantitative estimate of drug-likeness (QED) is 0.116. The van der Waals surface area contributed by atoms with Gasteiger partial charge in [-0.15, -0.1) is 0 Å². The minimum absolute atomic E-state index is 0.0910. The molecule has 0 aliphatic carbocycles. The molecule has 2 aromatic carbocycles. The van der Waals surface area contributed by atoms with E-state index in [1.165, 1.54) is 0 Å². The van der Waals surface area contributed by atoms with Crippen molar-refractivity contribution in [3.63, 3.8) is 0 Å². The van der Waals surface area contributed by atoms with Crippen LogP contribution in [-0.4, -0.2) is 49.9 Å². The van der Waals surface area contributed by atoms with Crippen LogP contribution in [-0.2, 0) is 49.2 Å². The maximum absolute atomic E-state index is 14.0. The van der Waals surface area contributed by atoms with Gasteiger partial charge in [0.2, 0.25) is 13.6 Å². The summed E-state index contributed by atoms with van der Waals surface area (Å²) in [5, 5.41) is 0. The van der Waals surface area contributed by atoms with Crippen LogP contribution in [0.3, 0.4) is 0 Å². The first-order valence-corrected chi connectivity index (χ1v) is 16.1. The van der Waals surface area contributed by atoms with Gasteiger partial charge in [0.15, 0.2) is 0 Å². The summed E-state index contributed by atoms with van der Waals surface area (Å²) in [6.07, 6.45) is 0.0960. The van der Waals surface area contributed by atoms with Gasteiger partial charge in [0, 0.05) is 0 Å². The first-order chi connectivity index (χ1) is 18.9. The van der Waals surface area contributed by atoms with E-state index in [1.807, 2.05) is 18.2 Å². The molecule has 1 atom stereocenters. The fourth-order valence-corrected chi connectivity index (χ4v) is 6.58. The van der Waals surface area contributed by atoms with Crippen molar-refractivity contribution in [2.24, 2.45) is 10.8 Å². The van der Waals surface area contributed by atoms with Gasteiger partial charge in [-0.1, -0.05) is 30.3 Å². The third-order valence-corrected chi connectivity index (χ3v) is 8.90. The summed E-state index contributed by atoms with van der Waals surface area (Å²) >= 11 is 0. The van der Waals surface area contributed by atoms with Crippen molar-refractivity contribution in [2.75, 3.05) is 19.3 Å². The first-order valence-electron chi connectivity index (χ1n) is 12.9. The summed E-state index contributed by atoms with van der Waals surface area (Å²) in [5.41, 5.74) is -2.48. The van der Waals surface area contributed by atoms with Crippen LogP contribution in [0.5, 0.6) is 11.5 Å². The largest absolute Gasteiger partial charge is 0.457 e. The van der Waals surface area contributed by atoms with Gasteiger partial charge in [-0.2, -0.15) is 8.42 Å². The molecule has 0 radical (unpaired) electrons. The van der Waals surface area contributed by atoms with Gasteiger partial charge in [-0.25, -0.2) is 0 Å². The van der Waals surface area contributed by atoms with E-state index >= 15 is 0 Å². The average molecular weight is 615 g/mol. The molecule has 0 heterocycles. The second-order valence-electron chi connectivity index (χ2n) is 11.4. The van der Waals surface area contributed by atoms with Gasteiger partial charge >= 0.3 is 19.5 Å². The van der Waals surface area contributed by atoms with Crippen molar-refractivity contribution >= 4 is 29.7 Å². The van der Waals surface area contributed by atoms with Crippen molar-refractivity contribution in [3.05, 3.63) is 60.2 Å². The Morgan fingerprint density at radius 3 is 1.83 bits per heavy atom. The lowest BCUT2D eigenvalue weighted by Crippen LogP contribution is -2.28. The third-order valence-electron chi connectivity index (χ3n) is 5.56. The first kappa shape index (κ1) is 34.4. The molecular formula is C28H39O11PS. The molecule has 13 heteroatoms. The number of carbonyl (C=O) groups excluding carboxylic acids is 2. The lowest BCUT2D eigenvalue weighted by Gasteiger charge is -2.27. The number of ether oxygens (including phenoxy) is 3. The lowest BCUT2D eigenvalue weighted by molar-refractivity contribution is -0.162. The summed E-state index contributed by atoms with van der Waals surface area (Å²) in [4.78, 5) is 24.4. The molecule has 0 bridgehead atoms. The Morgan fingerprint density at radius 1 is 0.829 bits per heavy atom. The minimum Gasteiger partial charge on any atom is -0.457 e. The maximum Gasteiger partial charge on any atom is 0.340 e. The van der Waals surface area contributed by atoms with Gasteiger partial charge in [-0.05, 0) is 84.2 Å². The second kappa shape index (κ2) is 14.4. The van der Waals surface area contributed by atoms with Crippen molar-refractivity contribution in [1.82, 2.24) is 0 Å². The van der Waals surface area contributed by atoms with Crippen LogP contribution in [0.25, 0.3) is 0 Å². The summed E-state index contributed by atoms with van der Waals surface area (Å²) in [7, 11) is -9.13. The number of esters is 2. The monoisotopic (exact) mass is 614 g/mol. The zero-order valence-corrected chi connectivity index (χ0v) is 25.9. The fraction of sp³-hybridized carbons (Fsp3) is 0.500. The van der Waals surface area contributed by atoms with E-state index in [-0.39, 0.29) is 12.8 Å². The number of benzene rings is 2. The van der Waals surface area contributed by atoms with E-state index in [1.54, 1.807) is 77.9 Å². The number of hydrogen-bond acceptors (Lipinski definition) is 10. The molecule has 0 saturated carbocycles. The summed E-state index contributed by atoms with van der Waals surface area (Å²) in [6.45, 7) is 8.00. The smallest absolute Gasteiger partial charge is 0.340 e. The van der Waals surface area contributed by atoms with Crippen LogP contribution in [0.4, 0.5) is 0 Å². The van der Waals surface area contributed by atoms with Crippen molar-refractivity contribution in [3.8, 4) is 11.5 Å². The molecule has 2 rings (SSSR count). The van der Waals surface area contributed by atoms with Gasteiger partial charge in [-0.3, -0.25) is 27.8 Å². The number of aryl methyl sites for hydroxylation is 1. The Hall–Kier alpha value is -2.76. The molecule has 0 fully saturated rings. The maximum atomic E-state index is 14.0. The predicted octanol–water partition coefficient (Wildman–Crippen LogP) is 5.99. The predicted molar refractivity (Wildman–Crippen MR) is 152 cm³/mol. The molecule has 11 nitrogen and oxygen atoms in total. The molecule has 0 aromatic heterocycles. The van der Waals surface area contributed by atoms with E-state index in [9.17, 15) is 27.1 Å². The number of carbonyl (C=O) groups is 2.